The molecule has 0 aliphatic heterocycles. The molecular weight excluding hydrogens is 410 g/mol. The van der Waals surface area contributed by atoms with Crippen molar-refractivity contribution in [3.63, 3.8) is 0 Å². The summed E-state index contributed by atoms with van der Waals surface area (Å²) < 4.78 is 33.3. The lowest BCUT2D eigenvalue weighted by molar-refractivity contribution is -0.136. The van der Waals surface area contributed by atoms with Crippen molar-refractivity contribution in [2.45, 2.75) is 17.9 Å². The molecule has 1 unspecified atom stereocenters. The Bertz CT molecular complexity index is 1230. The van der Waals surface area contributed by atoms with E-state index in [1.165, 1.54) is 17.5 Å². The molecule has 6 heteroatoms. The Labute approximate surface area is 183 Å². The first-order valence-corrected chi connectivity index (χ1v) is 11.2. The first-order chi connectivity index (χ1) is 14.8. The van der Waals surface area contributed by atoms with E-state index < -0.39 is 22.0 Å². The van der Waals surface area contributed by atoms with E-state index in [1.807, 2.05) is 49.4 Å². The Morgan fingerprint density at radius 3 is 2.32 bits per heavy atom. The predicted octanol–water partition coefficient (Wildman–Crippen LogP) is 4.80. The molecule has 1 atom stereocenters. The molecule has 0 fully saturated rings. The standard InChI is InChI=1S/C25H25NO4S/c1-5-16-26(31(28,29)23-14-10-18(2)11-15-23)24(19(3)25(27)30-4)22-13-12-20-8-6-7-9-21(20)17-22/h5-15,17,24H,1,3,16H2,2,4H3. The molecule has 0 N–H and O–H groups in total. The van der Waals surface area contributed by atoms with Crippen LogP contribution < -0.4 is 0 Å². The molecule has 3 aromatic rings. The summed E-state index contributed by atoms with van der Waals surface area (Å²) >= 11 is 0. The lowest BCUT2D eigenvalue weighted by Crippen LogP contribution is -2.37. The van der Waals surface area contributed by atoms with E-state index >= 15 is 0 Å². The van der Waals surface area contributed by atoms with Crippen LogP contribution in [0.1, 0.15) is 17.2 Å². The van der Waals surface area contributed by atoms with Gasteiger partial charge in [0, 0.05) is 6.54 Å². The van der Waals surface area contributed by atoms with E-state index in [4.69, 9.17) is 4.74 Å². The number of nitrogens with zero attached hydrogens (tertiary/aromatic N) is 1. The average Bonchev–Trinajstić information content (AvgIpc) is 2.78. The van der Waals surface area contributed by atoms with Crippen LogP contribution in [0.15, 0.2) is 96.4 Å². The van der Waals surface area contributed by atoms with Gasteiger partial charge in [0.25, 0.3) is 0 Å². The number of hydrogen-bond acceptors (Lipinski definition) is 4. The minimum Gasteiger partial charge on any atom is -0.466 e. The van der Waals surface area contributed by atoms with Crippen molar-refractivity contribution in [2.24, 2.45) is 0 Å². The number of hydrogen-bond donors (Lipinski definition) is 0. The quantitative estimate of drug-likeness (QED) is 0.290. The molecule has 31 heavy (non-hydrogen) atoms. The molecule has 0 amide bonds. The molecular formula is C25H25NO4S. The van der Waals surface area contributed by atoms with Crippen molar-refractivity contribution < 1.29 is 17.9 Å². The Morgan fingerprint density at radius 2 is 1.71 bits per heavy atom. The van der Waals surface area contributed by atoms with Crippen LogP contribution in [0.4, 0.5) is 0 Å². The summed E-state index contributed by atoms with van der Waals surface area (Å²) in [5.74, 6) is -0.675. The van der Waals surface area contributed by atoms with Gasteiger partial charge in [0.1, 0.15) is 0 Å². The number of ether oxygens (including phenoxy) is 1. The fraction of sp³-hybridized carbons (Fsp3) is 0.160. The van der Waals surface area contributed by atoms with E-state index in [2.05, 4.69) is 13.2 Å². The van der Waals surface area contributed by atoms with Crippen LogP contribution in [0.2, 0.25) is 0 Å². The molecule has 0 aliphatic rings. The molecule has 3 aromatic carbocycles. The molecule has 0 bridgehead atoms. The van der Waals surface area contributed by atoms with Crippen molar-refractivity contribution in [3.05, 3.63) is 103 Å². The van der Waals surface area contributed by atoms with Gasteiger partial charge in [-0.15, -0.1) is 6.58 Å². The van der Waals surface area contributed by atoms with Gasteiger partial charge in [0.2, 0.25) is 10.0 Å². The number of rotatable bonds is 8. The van der Waals surface area contributed by atoms with Crippen molar-refractivity contribution in [2.75, 3.05) is 13.7 Å². The third-order valence-corrected chi connectivity index (χ3v) is 6.94. The first-order valence-electron chi connectivity index (χ1n) is 9.75. The molecule has 0 spiro atoms. The minimum atomic E-state index is -3.97. The lowest BCUT2D eigenvalue weighted by Gasteiger charge is -2.31. The molecule has 0 radical (unpaired) electrons. The van der Waals surface area contributed by atoms with Gasteiger partial charge in [-0.05, 0) is 41.5 Å². The lowest BCUT2D eigenvalue weighted by atomic mass is 9.97. The number of fused-ring (bicyclic) bond motifs is 1. The van der Waals surface area contributed by atoms with E-state index in [-0.39, 0.29) is 17.0 Å². The van der Waals surface area contributed by atoms with Crippen LogP contribution >= 0.6 is 0 Å². The highest BCUT2D eigenvalue weighted by atomic mass is 32.2. The summed E-state index contributed by atoms with van der Waals surface area (Å²) in [6.07, 6.45) is 1.49. The van der Waals surface area contributed by atoms with E-state index in [1.54, 1.807) is 24.3 Å². The van der Waals surface area contributed by atoms with Crippen molar-refractivity contribution in [1.29, 1.82) is 0 Å². The van der Waals surface area contributed by atoms with Crippen LogP contribution in [0.25, 0.3) is 10.8 Å². The van der Waals surface area contributed by atoms with Crippen LogP contribution in [0.5, 0.6) is 0 Å². The number of carbonyl (C=O) groups is 1. The molecule has 3 rings (SSSR count). The number of sulfonamides is 1. The van der Waals surface area contributed by atoms with Gasteiger partial charge >= 0.3 is 5.97 Å². The highest BCUT2D eigenvalue weighted by Crippen LogP contribution is 2.35. The number of esters is 1. The van der Waals surface area contributed by atoms with Crippen molar-refractivity contribution in [1.82, 2.24) is 4.31 Å². The Balaban J connectivity index is 2.20. The summed E-state index contributed by atoms with van der Waals surface area (Å²) in [7, 11) is -2.73. The van der Waals surface area contributed by atoms with Crippen LogP contribution in [0, 0.1) is 6.92 Å². The molecule has 0 saturated heterocycles. The van der Waals surface area contributed by atoms with Gasteiger partial charge in [-0.25, -0.2) is 13.2 Å². The number of carbonyl (C=O) groups excluding carboxylic acids is 1. The first kappa shape index (κ1) is 22.5. The van der Waals surface area contributed by atoms with Crippen LogP contribution in [-0.4, -0.2) is 32.3 Å². The van der Waals surface area contributed by atoms with E-state index in [0.717, 1.165) is 16.3 Å². The molecule has 0 heterocycles. The maximum Gasteiger partial charge on any atom is 0.335 e. The molecule has 0 aliphatic carbocycles. The van der Waals surface area contributed by atoms with Crippen molar-refractivity contribution >= 4 is 26.8 Å². The Morgan fingerprint density at radius 1 is 1.06 bits per heavy atom. The smallest absolute Gasteiger partial charge is 0.335 e. The average molecular weight is 436 g/mol. The monoisotopic (exact) mass is 435 g/mol. The Kier molecular flexibility index (Phi) is 6.73. The number of aryl methyl sites for hydroxylation is 1. The fourth-order valence-corrected chi connectivity index (χ4v) is 5.06. The van der Waals surface area contributed by atoms with E-state index in [0.29, 0.717) is 5.56 Å². The zero-order valence-electron chi connectivity index (χ0n) is 17.6. The third-order valence-electron chi connectivity index (χ3n) is 5.09. The maximum atomic E-state index is 13.6. The third kappa shape index (κ3) is 4.60. The van der Waals surface area contributed by atoms with Gasteiger partial charge in [-0.1, -0.05) is 66.7 Å². The van der Waals surface area contributed by atoms with Crippen LogP contribution in [0.3, 0.4) is 0 Å². The van der Waals surface area contributed by atoms with Crippen molar-refractivity contribution in [3.8, 4) is 0 Å². The van der Waals surface area contributed by atoms with Gasteiger partial charge in [-0.2, -0.15) is 4.31 Å². The second-order valence-corrected chi connectivity index (χ2v) is 9.09. The summed E-state index contributed by atoms with van der Waals surface area (Å²) in [6, 6.07) is 18.9. The maximum absolute atomic E-state index is 13.6. The second kappa shape index (κ2) is 9.29. The minimum absolute atomic E-state index is 0.0102. The van der Waals surface area contributed by atoms with Gasteiger partial charge < -0.3 is 4.74 Å². The summed E-state index contributed by atoms with van der Waals surface area (Å²) in [5.41, 5.74) is 1.58. The number of methoxy groups -OCH3 is 1. The van der Waals surface area contributed by atoms with Crippen LogP contribution in [-0.2, 0) is 19.6 Å². The molecule has 0 aromatic heterocycles. The molecule has 5 nitrogen and oxygen atoms in total. The zero-order chi connectivity index (χ0) is 22.6. The SMILES string of the molecule is C=CCN(C(C(=C)C(=O)OC)c1ccc2ccccc2c1)S(=O)(=O)c1ccc(C)cc1. The van der Waals surface area contributed by atoms with E-state index in [9.17, 15) is 13.2 Å². The fourth-order valence-electron chi connectivity index (χ4n) is 3.48. The topological polar surface area (TPSA) is 63.7 Å². The highest BCUT2D eigenvalue weighted by molar-refractivity contribution is 7.89. The zero-order valence-corrected chi connectivity index (χ0v) is 18.4. The predicted molar refractivity (Wildman–Crippen MR) is 123 cm³/mol. The number of benzene rings is 3. The van der Waals surface area contributed by atoms with Gasteiger partial charge in [-0.3, -0.25) is 0 Å². The molecule has 0 saturated carbocycles. The normalized spacial score (nSPS) is 12.5. The molecule has 160 valence electrons. The summed E-state index contributed by atoms with van der Waals surface area (Å²) in [4.78, 5) is 12.6. The van der Waals surface area contributed by atoms with Gasteiger partial charge in [0.05, 0.1) is 23.6 Å². The Hall–Kier alpha value is -3.22. The summed E-state index contributed by atoms with van der Waals surface area (Å²) in [5, 5.41) is 1.93. The van der Waals surface area contributed by atoms with Gasteiger partial charge in [0.15, 0.2) is 0 Å². The second-order valence-electron chi connectivity index (χ2n) is 7.20. The largest absolute Gasteiger partial charge is 0.466 e. The highest BCUT2D eigenvalue weighted by Gasteiger charge is 2.36. The summed E-state index contributed by atoms with van der Waals surface area (Å²) in [6.45, 7) is 9.49.